The topological polar surface area (TPSA) is 45.5 Å². The molecule has 1 N–H and O–H groups in total. The first kappa shape index (κ1) is 16.7. The highest BCUT2D eigenvalue weighted by molar-refractivity contribution is 7.99. The summed E-state index contributed by atoms with van der Waals surface area (Å²) >= 11 is 1.57. The van der Waals surface area contributed by atoms with Gasteiger partial charge >= 0.3 is 0 Å². The van der Waals surface area contributed by atoms with E-state index in [1.54, 1.807) is 18.0 Å². The molecule has 0 aliphatic carbocycles. The molecule has 0 radical (unpaired) electrons. The lowest BCUT2D eigenvalue weighted by Gasteiger charge is -2.49. The molecule has 3 saturated heterocycles. The van der Waals surface area contributed by atoms with Crippen molar-refractivity contribution in [1.82, 2.24) is 10.2 Å². The maximum absolute atomic E-state index is 12.7. The van der Waals surface area contributed by atoms with E-state index in [2.05, 4.69) is 17.1 Å². The van der Waals surface area contributed by atoms with E-state index in [0.29, 0.717) is 12.0 Å². The Morgan fingerprint density at radius 2 is 1.96 bits per heavy atom. The van der Waals surface area contributed by atoms with Crippen LogP contribution >= 0.6 is 11.8 Å². The van der Waals surface area contributed by atoms with Crippen LogP contribution in [-0.2, 0) is 0 Å². The quantitative estimate of drug-likeness (QED) is 0.901. The molecule has 0 saturated carbocycles. The number of rotatable bonds is 4. The summed E-state index contributed by atoms with van der Waals surface area (Å²) in [4.78, 5) is 16.2. The van der Waals surface area contributed by atoms with Gasteiger partial charge in [-0.25, -0.2) is 0 Å². The summed E-state index contributed by atoms with van der Waals surface area (Å²) in [6, 6.07) is 10.5. The molecule has 0 spiro atoms. The number of nitrogens with one attached hydrogen (secondary N) is 1. The van der Waals surface area contributed by atoms with Gasteiger partial charge in [-0.2, -0.15) is 0 Å². The molecule has 4 nitrogen and oxygen atoms in total. The van der Waals surface area contributed by atoms with E-state index < -0.39 is 0 Å². The van der Waals surface area contributed by atoms with Crippen molar-refractivity contribution in [2.75, 3.05) is 13.1 Å². The first-order valence-corrected chi connectivity index (χ1v) is 9.80. The van der Waals surface area contributed by atoms with Gasteiger partial charge in [0.1, 0.15) is 0 Å². The largest absolute Gasteiger partial charge is 0.458 e. The summed E-state index contributed by atoms with van der Waals surface area (Å²) in [5.41, 5.74) is 1.84. The first-order valence-electron chi connectivity index (χ1n) is 8.98. The highest BCUT2D eigenvalue weighted by atomic mass is 32.2. The second-order valence-electron chi connectivity index (χ2n) is 7.18. The molecule has 3 aliphatic rings. The van der Waals surface area contributed by atoms with Crippen molar-refractivity contribution in [3.8, 4) is 0 Å². The Bertz CT molecular complexity index is 745. The van der Waals surface area contributed by atoms with Crippen LogP contribution in [0.2, 0.25) is 0 Å². The number of hydrogen-bond acceptors (Lipinski definition) is 4. The Labute approximate surface area is 153 Å². The molecule has 2 atom stereocenters. The summed E-state index contributed by atoms with van der Waals surface area (Å²) in [6.07, 6.45) is 4.15. The second kappa shape index (κ2) is 6.89. The van der Waals surface area contributed by atoms with Crippen LogP contribution in [-0.4, -0.2) is 36.0 Å². The number of benzene rings is 1. The van der Waals surface area contributed by atoms with E-state index in [9.17, 15) is 4.79 Å². The monoisotopic (exact) mass is 356 g/mol. The smallest absolute Gasteiger partial charge is 0.251 e. The van der Waals surface area contributed by atoms with Crippen LogP contribution in [0.5, 0.6) is 0 Å². The normalized spacial score (nSPS) is 28.1. The Morgan fingerprint density at radius 3 is 2.56 bits per heavy atom. The zero-order valence-electron chi connectivity index (χ0n) is 14.7. The molecule has 4 heterocycles. The van der Waals surface area contributed by atoms with Crippen LogP contribution in [0.4, 0.5) is 0 Å². The van der Waals surface area contributed by atoms with Crippen molar-refractivity contribution in [3.63, 3.8) is 0 Å². The molecular weight excluding hydrogens is 332 g/mol. The van der Waals surface area contributed by atoms with Gasteiger partial charge in [-0.05, 0) is 81.6 Å². The molecule has 2 bridgehead atoms. The van der Waals surface area contributed by atoms with Gasteiger partial charge in [0.15, 0.2) is 5.09 Å². The fourth-order valence-corrected chi connectivity index (χ4v) is 4.87. The van der Waals surface area contributed by atoms with E-state index in [-0.39, 0.29) is 11.9 Å². The lowest BCUT2D eigenvalue weighted by molar-refractivity contribution is 0.0217. The van der Waals surface area contributed by atoms with E-state index in [0.717, 1.165) is 21.1 Å². The molecule has 0 unspecified atom stereocenters. The summed E-state index contributed by atoms with van der Waals surface area (Å²) in [7, 11) is 0. The highest BCUT2D eigenvalue weighted by Crippen LogP contribution is 2.32. The zero-order chi connectivity index (χ0) is 17.4. The lowest BCUT2D eigenvalue weighted by atomic mass is 9.79. The molecule has 1 aromatic carbocycles. The first-order chi connectivity index (χ1) is 12.1. The van der Waals surface area contributed by atoms with Gasteiger partial charge in [-0.15, -0.1) is 0 Å². The second-order valence-corrected chi connectivity index (χ2v) is 8.26. The Morgan fingerprint density at radius 1 is 1.24 bits per heavy atom. The molecule has 2 aromatic rings. The number of nitrogens with zero attached hydrogens (tertiary/aromatic N) is 1. The van der Waals surface area contributed by atoms with Gasteiger partial charge in [0.05, 0.1) is 6.26 Å². The minimum absolute atomic E-state index is 0.0380. The van der Waals surface area contributed by atoms with Crippen molar-refractivity contribution in [2.24, 2.45) is 5.92 Å². The number of furan rings is 1. The number of carbonyl (C=O) groups is 1. The minimum Gasteiger partial charge on any atom is -0.458 e. The predicted octanol–water partition coefficient (Wildman–Crippen LogP) is 3.95. The molecule has 5 rings (SSSR count). The van der Waals surface area contributed by atoms with Gasteiger partial charge in [-0.3, -0.25) is 9.69 Å². The van der Waals surface area contributed by atoms with Crippen molar-refractivity contribution in [2.45, 2.75) is 48.8 Å². The van der Waals surface area contributed by atoms with Crippen LogP contribution in [0.15, 0.2) is 51.0 Å². The molecule has 1 aromatic heterocycles. The highest BCUT2D eigenvalue weighted by Gasteiger charge is 2.40. The van der Waals surface area contributed by atoms with E-state index in [4.69, 9.17) is 4.42 Å². The summed E-state index contributed by atoms with van der Waals surface area (Å²) in [5.74, 6) is 0.664. The van der Waals surface area contributed by atoms with Gasteiger partial charge < -0.3 is 9.73 Å². The molecule has 132 valence electrons. The Hall–Kier alpha value is -1.72. The Kier molecular flexibility index (Phi) is 4.61. The predicted molar refractivity (Wildman–Crippen MR) is 99.0 cm³/mol. The molecular formula is C20H24N2O2S. The third-order valence-electron chi connectivity index (χ3n) is 5.52. The average molecular weight is 356 g/mol. The standard InChI is InChI=1S/C20H24N2O2S/c1-13-11-18(24-12-13)25-17-5-3-16(4-6-17)20(23)21-19-14(2)22-9-7-15(19)8-10-22/h3-6,11-12,14-15,19H,7-10H2,1-2H3,(H,21,23)/t14-,19-/m0/s1. The third kappa shape index (κ3) is 3.48. The molecule has 25 heavy (non-hydrogen) atoms. The molecule has 1 amide bonds. The number of aryl methyl sites for hydroxylation is 1. The van der Waals surface area contributed by atoms with Crippen molar-refractivity contribution in [3.05, 3.63) is 47.7 Å². The fraction of sp³-hybridized carbons (Fsp3) is 0.450. The SMILES string of the molecule is Cc1coc(Sc2ccc(C(=O)N[C@@H]3C4CCN(CC4)[C@H]3C)cc2)c1. The minimum atomic E-state index is 0.0380. The molecule has 3 fully saturated rings. The molecule has 5 heteroatoms. The number of hydrogen-bond donors (Lipinski definition) is 1. The van der Waals surface area contributed by atoms with Crippen molar-refractivity contribution >= 4 is 17.7 Å². The van der Waals surface area contributed by atoms with E-state index in [1.165, 1.54) is 25.9 Å². The maximum Gasteiger partial charge on any atom is 0.251 e. The molecule has 3 aliphatic heterocycles. The van der Waals surface area contributed by atoms with E-state index >= 15 is 0 Å². The van der Waals surface area contributed by atoms with Gasteiger partial charge in [0.2, 0.25) is 0 Å². The van der Waals surface area contributed by atoms with Crippen molar-refractivity contribution < 1.29 is 9.21 Å². The van der Waals surface area contributed by atoms with Crippen LogP contribution in [0, 0.1) is 12.8 Å². The van der Waals surface area contributed by atoms with Gasteiger partial charge in [0.25, 0.3) is 5.91 Å². The third-order valence-corrected chi connectivity index (χ3v) is 6.44. The lowest BCUT2D eigenvalue weighted by Crippen LogP contribution is -2.62. The Balaban J connectivity index is 1.40. The number of amides is 1. The van der Waals surface area contributed by atoms with Crippen LogP contribution in [0.25, 0.3) is 0 Å². The van der Waals surface area contributed by atoms with Gasteiger partial charge in [0, 0.05) is 22.5 Å². The summed E-state index contributed by atoms with van der Waals surface area (Å²) in [5, 5.41) is 4.15. The number of fused-ring (bicyclic) bond motifs is 3. The fourth-order valence-electron chi connectivity index (χ4n) is 4.03. The summed E-state index contributed by atoms with van der Waals surface area (Å²) < 4.78 is 5.47. The van der Waals surface area contributed by atoms with E-state index in [1.807, 2.05) is 37.3 Å². The van der Waals surface area contributed by atoms with Crippen molar-refractivity contribution in [1.29, 1.82) is 0 Å². The maximum atomic E-state index is 12.7. The van der Waals surface area contributed by atoms with Gasteiger partial charge in [-0.1, -0.05) is 11.8 Å². The zero-order valence-corrected chi connectivity index (χ0v) is 15.5. The number of piperidine rings is 3. The van der Waals surface area contributed by atoms with Crippen LogP contribution in [0.1, 0.15) is 35.7 Å². The van der Waals surface area contributed by atoms with Crippen LogP contribution < -0.4 is 5.32 Å². The number of carbonyl (C=O) groups excluding carboxylic acids is 1. The average Bonchev–Trinajstić information content (AvgIpc) is 3.04. The summed E-state index contributed by atoms with van der Waals surface area (Å²) in [6.45, 7) is 6.60. The van der Waals surface area contributed by atoms with Crippen LogP contribution in [0.3, 0.4) is 0 Å².